The van der Waals surface area contributed by atoms with Gasteiger partial charge in [-0.2, -0.15) is 5.26 Å². The molecule has 0 aliphatic rings. The topological polar surface area (TPSA) is 40.9 Å². The lowest BCUT2D eigenvalue weighted by Gasteiger charge is -1.96. The summed E-state index contributed by atoms with van der Waals surface area (Å²) in [6.07, 6.45) is 0.868. The molecule has 2 heteroatoms. The van der Waals surface area contributed by atoms with Crippen LogP contribution in [0.25, 0.3) is 0 Å². The molecule has 1 aromatic carbocycles. The lowest BCUT2D eigenvalue weighted by atomic mass is 10.1. The van der Waals surface area contributed by atoms with Gasteiger partial charge in [0.25, 0.3) is 0 Å². The highest BCUT2D eigenvalue weighted by molar-refractivity contribution is 5.74. The summed E-state index contributed by atoms with van der Waals surface area (Å²) in [5.74, 6) is 5.00. The predicted molar refractivity (Wildman–Crippen MR) is 48.7 cm³/mol. The molecule has 0 amide bonds. The van der Waals surface area contributed by atoms with Gasteiger partial charge in [-0.25, -0.2) is 0 Å². The van der Waals surface area contributed by atoms with Gasteiger partial charge in [0.05, 0.1) is 12.5 Å². The van der Waals surface area contributed by atoms with Gasteiger partial charge in [0, 0.05) is 5.56 Å². The summed E-state index contributed by atoms with van der Waals surface area (Å²) >= 11 is 0. The SMILES string of the molecule is N#CCc1ccccc1C#CC=O. The Labute approximate surface area is 76.8 Å². The number of rotatable bonds is 1. The van der Waals surface area contributed by atoms with Crippen molar-refractivity contribution in [3.05, 3.63) is 35.4 Å². The Bertz CT molecular complexity index is 404. The van der Waals surface area contributed by atoms with Crippen LogP contribution in [0.2, 0.25) is 0 Å². The zero-order valence-electron chi connectivity index (χ0n) is 6.95. The van der Waals surface area contributed by atoms with Gasteiger partial charge >= 0.3 is 0 Å². The molecule has 0 fully saturated rings. The normalized spacial score (nSPS) is 7.92. The third-order valence-electron chi connectivity index (χ3n) is 1.55. The van der Waals surface area contributed by atoms with Crippen molar-refractivity contribution >= 4 is 6.29 Å². The number of aldehydes is 1. The minimum atomic E-state index is 0.323. The molecule has 13 heavy (non-hydrogen) atoms. The minimum absolute atomic E-state index is 0.323. The van der Waals surface area contributed by atoms with Crippen molar-refractivity contribution in [2.45, 2.75) is 6.42 Å². The maximum atomic E-state index is 10.0. The fraction of sp³-hybridized carbons (Fsp3) is 0.0909. The van der Waals surface area contributed by atoms with Gasteiger partial charge in [-0.3, -0.25) is 4.79 Å². The molecular weight excluding hydrogens is 162 g/mol. The fourth-order valence-corrected chi connectivity index (χ4v) is 0.989. The highest BCUT2D eigenvalue weighted by atomic mass is 16.1. The third kappa shape index (κ3) is 2.47. The predicted octanol–water partition coefficient (Wildman–Crippen LogP) is 1.30. The number of benzene rings is 1. The molecule has 0 aliphatic carbocycles. The molecule has 0 saturated heterocycles. The Morgan fingerprint density at radius 1 is 1.38 bits per heavy atom. The van der Waals surface area contributed by atoms with Crippen LogP contribution in [-0.2, 0) is 11.2 Å². The van der Waals surface area contributed by atoms with Gasteiger partial charge in [0.15, 0.2) is 6.29 Å². The van der Waals surface area contributed by atoms with Gasteiger partial charge in [-0.1, -0.05) is 24.1 Å². The average molecular weight is 169 g/mol. The van der Waals surface area contributed by atoms with E-state index in [1.807, 2.05) is 24.3 Å². The summed E-state index contributed by atoms with van der Waals surface area (Å²) in [4.78, 5) is 10.0. The molecular formula is C11H7NO. The molecule has 0 aromatic heterocycles. The largest absolute Gasteiger partial charge is 0.289 e. The molecule has 0 N–H and O–H groups in total. The maximum absolute atomic E-state index is 10.0. The molecule has 2 nitrogen and oxygen atoms in total. The zero-order valence-corrected chi connectivity index (χ0v) is 6.95. The van der Waals surface area contributed by atoms with Gasteiger partial charge in [0.2, 0.25) is 0 Å². The summed E-state index contributed by atoms with van der Waals surface area (Å²) in [6, 6.07) is 9.35. The first-order valence-electron chi connectivity index (χ1n) is 3.78. The van der Waals surface area contributed by atoms with Crippen LogP contribution in [-0.4, -0.2) is 6.29 Å². The van der Waals surface area contributed by atoms with Crippen LogP contribution in [0.4, 0.5) is 0 Å². The fourth-order valence-electron chi connectivity index (χ4n) is 0.989. The number of hydrogen-bond donors (Lipinski definition) is 0. The van der Waals surface area contributed by atoms with Crippen molar-refractivity contribution in [1.29, 1.82) is 5.26 Å². The van der Waals surface area contributed by atoms with E-state index in [-0.39, 0.29) is 0 Å². The van der Waals surface area contributed by atoms with Crippen LogP contribution in [0.3, 0.4) is 0 Å². The van der Waals surface area contributed by atoms with E-state index in [0.29, 0.717) is 12.7 Å². The van der Waals surface area contributed by atoms with E-state index >= 15 is 0 Å². The summed E-state index contributed by atoms with van der Waals surface area (Å²) < 4.78 is 0. The Hall–Kier alpha value is -2.06. The van der Waals surface area contributed by atoms with Crippen molar-refractivity contribution in [1.82, 2.24) is 0 Å². The van der Waals surface area contributed by atoms with Gasteiger partial charge < -0.3 is 0 Å². The first kappa shape index (κ1) is 9.03. The van der Waals surface area contributed by atoms with E-state index in [1.54, 1.807) is 6.07 Å². The molecule has 0 radical (unpaired) electrons. The molecule has 62 valence electrons. The van der Waals surface area contributed by atoms with Crippen molar-refractivity contribution in [3.63, 3.8) is 0 Å². The van der Waals surface area contributed by atoms with Crippen LogP contribution >= 0.6 is 0 Å². The molecule has 0 heterocycles. The lowest BCUT2D eigenvalue weighted by Crippen LogP contribution is -1.87. The Balaban J connectivity index is 3.05. The van der Waals surface area contributed by atoms with E-state index in [4.69, 9.17) is 5.26 Å². The van der Waals surface area contributed by atoms with E-state index in [9.17, 15) is 4.79 Å². The molecule has 0 bridgehead atoms. The quantitative estimate of drug-likeness (QED) is 0.469. The van der Waals surface area contributed by atoms with Crippen molar-refractivity contribution in [2.24, 2.45) is 0 Å². The van der Waals surface area contributed by atoms with Crippen molar-refractivity contribution in [2.75, 3.05) is 0 Å². The highest BCUT2D eigenvalue weighted by Gasteiger charge is 1.96. The molecule has 1 aromatic rings. The van der Waals surface area contributed by atoms with Gasteiger partial charge in [-0.15, -0.1) is 0 Å². The highest BCUT2D eigenvalue weighted by Crippen LogP contribution is 2.06. The maximum Gasteiger partial charge on any atom is 0.193 e. The third-order valence-corrected chi connectivity index (χ3v) is 1.55. The second-order valence-corrected chi connectivity index (χ2v) is 2.38. The van der Waals surface area contributed by atoms with Crippen molar-refractivity contribution in [3.8, 4) is 17.9 Å². The number of nitriles is 1. The number of nitrogens with zero attached hydrogens (tertiary/aromatic N) is 1. The lowest BCUT2D eigenvalue weighted by molar-refractivity contribution is -0.103. The van der Waals surface area contributed by atoms with Crippen LogP contribution in [0.5, 0.6) is 0 Å². The Morgan fingerprint density at radius 3 is 2.85 bits per heavy atom. The van der Waals surface area contributed by atoms with E-state index in [1.165, 1.54) is 0 Å². The standard InChI is InChI=1S/C11H7NO/c12-8-7-11-5-2-1-4-10(11)6-3-9-13/h1-2,4-5,9H,7H2. The average Bonchev–Trinajstić information content (AvgIpc) is 2.17. The van der Waals surface area contributed by atoms with Crippen LogP contribution in [0.1, 0.15) is 11.1 Å². The summed E-state index contributed by atoms with van der Waals surface area (Å²) in [5.41, 5.74) is 1.61. The van der Waals surface area contributed by atoms with Gasteiger partial charge in [0.1, 0.15) is 0 Å². The molecule has 1 rings (SSSR count). The van der Waals surface area contributed by atoms with Crippen LogP contribution < -0.4 is 0 Å². The molecule has 0 atom stereocenters. The van der Waals surface area contributed by atoms with Crippen molar-refractivity contribution < 1.29 is 4.79 Å². The molecule has 0 aliphatic heterocycles. The first-order chi connectivity index (χ1) is 6.38. The molecule has 0 spiro atoms. The zero-order chi connectivity index (χ0) is 9.52. The number of carbonyl (C=O) groups is 1. The van der Waals surface area contributed by atoms with E-state index in [2.05, 4.69) is 11.8 Å². The summed E-state index contributed by atoms with van der Waals surface area (Å²) in [5, 5.41) is 8.50. The first-order valence-corrected chi connectivity index (χ1v) is 3.78. The van der Waals surface area contributed by atoms with Crippen LogP contribution in [0, 0.1) is 23.2 Å². The Kier molecular flexibility index (Phi) is 3.30. The Morgan fingerprint density at radius 2 is 2.15 bits per heavy atom. The van der Waals surface area contributed by atoms with Gasteiger partial charge in [-0.05, 0) is 17.6 Å². The monoisotopic (exact) mass is 169 g/mol. The van der Waals surface area contributed by atoms with E-state index < -0.39 is 0 Å². The number of hydrogen-bond acceptors (Lipinski definition) is 2. The second-order valence-electron chi connectivity index (χ2n) is 2.38. The smallest absolute Gasteiger partial charge is 0.193 e. The molecule has 0 saturated carbocycles. The minimum Gasteiger partial charge on any atom is -0.289 e. The summed E-state index contributed by atoms with van der Waals surface area (Å²) in [6.45, 7) is 0. The van der Waals surface area contributed by atoms with E-state index in [0.717, 1.165) is 11.1 Å². The number of carbonyl (C=O) groups excluding carboxylic acids is 1. The summed E-state index contributed by atoms with van der Waals surface area (Å²) in [7, 11) is 0. The van der Waals surface area contributed by atoms with Crippen LogP contribution in [0.15, 0.2) is 24.3 Å². The second kappa shape index (κ2) is 4.74. The molecule has 0 unspecified atom stereocenters.